The number of halogens is 1. The molecule has 0 bridgehead atoms. The predicted octanol–water partition coefficient (Wildman–Crippen LogP) is 4.68. The standard InChI is InChI=1S/C27H23ClN2O5/c1-17-7-12-22(14-23(17)28)30-15-20(13-25(30)32)26(33)29-21-10-8-19(9-11-21)27(34)35-16-24(31)18-5-3-2-4-6-18/h2-12,14,20H,13,15-16H2,1H3,(H,29,33)/t20-/m0/s1. The second-order valence-corrected chi connectivity index (χ2v) is 8.68. The quantitative estimate of drug-likeness (QED) is 0.383. The Morgan fingerprint density at radius 2 is 1.71 bits per heavy atom. The second-order valence-electron chi connectivity index (χ2n) is 8.27. The molecule has 2 amide bonds. The number of anilines is 2. The van der Waals surface area contributed by atoms with E-state index in [0.717, 1.165) is 5.56 Å². The Hall–Kier alpha value is -3.97. The van der Waals surface area contributed by atoms with Gasteiger partial charge in [-0.05, 0) is 48.9 Å². The molecule has 8 heteroatoms. The topological polar surface area (TPSA) is 92.8 Å². The number of hydrogen-bond donors (Lipinski definition) is 1. The van der Waals surface area contributed by atoms with Crippen molar-refractivity contribution in [3.8, 4) is 0 Å². The predicted molar refractivity (Wildman–Crippen MR) is 133 cm³/mol. The number of Topliss-reactive ketones (excluding diaryl/α,β-unsaturated/α-hetero) is 1. The Morgan fingerprint density at radius 1 is 1.00 bits per heavy atom. The number of amides is 2. The van der Waals surface area contributed by atoms with Crippen LogP contribution < -0.4 is 10.2 Å². The molecule has 0 spiro atoms. The molecule has 0 aromatic heterocycles. The molecular formula is C27H23ClN2O5. The summed E-state index contributed by atoms with van der Waals surface area (Å²) in [4.78, 5) is 51.1. The molecule has 0 radical (unpaired) electrons. The largest absolute Gasteiger partial charge is 0.454 e. The SMILES string of the molecule is Cc1ccc(N2C[C@@H](C(=O)Nc3ccc(C(=O)OCC(=O)c4ccccc4)cc3)CC2=O)cc1Cl. The highest BCUT2D eigenvalue weighted by Crippen LogP contribution is 2.29. The monoisotopic (exact) mass is 490 g/mol. The van der Waals surface area contributed by atoms with Gasteiger partial charge >= 0.3 is 5.97 Å². The Balaban J connectivity index is 1.31. The smallest absolute Gasteiger partial charge is 0.338 e. The molecule has 1 heterocycles. The van der Waals surface area contributed by atoms with Crippen LogP contribution in [0.25, 0.3) is 0 Å². The minimum absolute atomic E-state index is 0.0944. The molecule has 1 fully saturated rings. The maximum Gasteiger partial charge on any atom is 0.338 e. The molecular weight excluding hydrogens is 468 g/mol. The van der Waals surface area contributed by atoms with Crippen LogP contribution in [0, 0.1) is 12.8 Å². The molecule has 4 rings (SSSR count). The van der Waals surface area contributed by atoms with Gasteiger partial charge in [0.25, 0.3) is 0 Å². The molecule has 0 aliphatic carbocycles. The number of ether oxygens (including phenoxy) is 1. The van der Waals surface area contributed by atoms with Crippen LogP contribution in [0.1, 0.15) is 32.7 Å². The second kappa shape index (κ2) is 10.5. The van der Waals surface area contributed by atoms with Crippen LogP contribution in [-0.2, 0) is 14.3 Å². The van der Waals surface area contributed by atoms with Crippen molar-refractivity contribution >= 4 is 46.5 Å². The Morgan fingerprint density at radius 3 is 2.40 bits per heavy atom. The number of carbonyl (C=O) groups is 4. The molecule has 7 nitrogen and oxygen atoms in total. The van der Waals surface area contributed by atoms with Crippen molar-refractivity contribution < 1.29 is 23.9 Å². The van der Waals surface area contributed by atoms with E-state index in [2.05, 4.69) is 5.32 Å². The van der Waals surface area contributed by atoms with Crippen LogP contribution in [-0.4, -0.2) is 36.7 Å². The summed E-state index contributed by atoms with van der Waals surface area (Å²) in [6, 6.07) is 20.1. The summed E-state index contributed by atoms with van der Waals surface area (Å²) in [6.45, 7) is 1.77. The number of benzene rings is 3. The maximum atomic E-state index is 12.7. The minimum atomic E-state index is -0.638. The van der Waals surface area contributed by atoms with Crippen molar-refractivity contribution in [2.24, 2.45) is 5.92 Å². The van der Waals surface area contributed by atoms with Crippen molar-refractivity contribution in [1.82, 2.24) is 0 Å². The maximum absolute atomic E-state index is 12.7. The van der Waals surface area contributed by atoms with E-state index >= 15 is 0 Å². The zero-order chi connectivity index (χ0) is 24.9. The van der Waals surface area contributed by atoms with Crippen LogP contribution in [0.5, 0.6) is 0 Å². The van der Waals surface area contributed by atoms with E-state index in [1.165, 1.54) is 12.1 Å². The van der Waals surface area contributed by atoms with Crippen molar-refractivity contribution in [3.05, 3.63) is 94.5 Å². The highest BCUT2D eigenvalue weighted by atomic mass is 35.5. The lowest BCUT2D eigenvalue weighted by Crippen LogP contribution is -2.28. The molecule has 0 unspecified atom stereocenters. The molecule has 1 atom stereocenters. The molecule has 3 aromatic rings. The first-order chi connectivity index (χ1) is 16.8. The van der Waals surface area contributed by atoms with E-state index in [1.54, 1.807) is 53.4 Å². The van der Waals surface area contributed by atoms with E-state index in [4.69, 9.17) is 16.3 Å². The average molecular weight is 491 g/mol. The number of carbonyl (C=O) groups excluding carboxylic acids is 4. The minimum Gasteiger partial charge on any atom is -0.454 e. The summed E-state index contributed by atoms with van der Waals surface area (Å²) >= 11 is 6.18. The lowest BCUT2D eigenvalue weighted by molar-refractivity contribution is -0.122. The average Bonchev–Trinajstić information content (AvgIpc) is 3.26. The summed E-state index contributed by atoms with van der Waals surface area (Å²) < 4.78 is 5.10. The summed E-state index contributed by atoms with van der Waals surface area (Å²) in [5.41, 5.74) is 2.77. The number of esters is 1. The van der Waals surface area contributed by atoms with Crippen LogP contribution in [0.4, 0.5) is 11.4 Å². The summed E-state index contributed by atoms with van der Waals surface area (Å²) in [7, 11) is 0. The third kappa shape index (κ3) is 5.75. The third-order valence-electron chi connectivity index (χ3n) is 5.78. The zero-order valence-corrected chi connectivity index (χ0v) is 19.7. The number of nitrogens with one attached hydrogen (secondary N) is 1. The molecule has 178 valence electrons. The zero-order valence-electron chi connectivity index (χ0n) is 19.0. The number of hydrogen-bond acceptors (Lipinski definition) is 5. The first-order valence-electron chi connectivity index (χ1n) is 11.0. The third-order valence-corrected chi connectivity index (χ3v) is 6.19. The molecule has 35 heavy (non-hydrogen) atoms. The van der Waals surface area contributed by atoms with Crippen LogP contribution in [0.15, 0.2) is 72.8 Å². The molecule has 1 N–H and O–H groups in total. The summed E-state index contributed by atoms with van der Waals surface area (Å²) in [5, 5.41) is 3.35. The van der Waals surface area contributed by atoms with Crippen LogP contribution >= 0.6 is 11.6 Å². The first kappa shape index (κ1) is 24.2. The fraction of sp³-hybridized carbons (Fsp3) is 0.185. The Kier molecular flexibility index (Phi) is 7.27. The van der Waals surface area contributed by atoms with Gasteiger partial charge in [0.1, 0.15) is 0 Å². The van der Waals surface area contributed by atoms with Gasteiger partial charge in [-0.15, -0.1) is 0 Å². The van der Waals surface area contributed by atoms with Gasteiger partial charge in [0.15, 0.2) is 12.4 Å². The van der Waals surface area contributed by atoms with Crippen molar-refractivity contribution in [1.29, 1.82) is 0 Å². The van der Waals surface area contributed by atoms with Crippen LogP contribution in [0.2, 0.25) is 5.02 Å². The fourth-order valence-corrected chi connectivity index (χ4v) is 3.91. The Bertz CT molecular complexity index is 1270. The normalized spacial score (nSPS) is 15.1. The van der Waals surface area contributed by atoms with Gasteiger partial charge in [0, 0.05) is 34.9 Å². The van der Waals surface area contributed by atoms with Gasteiger partial charge in [-0.25, -0.2) is 4.79 Å². The van der Waals surface area contributed by atoms with Crippen LogP contribution in [0.3, 0.4) is 0 Å². The molecule has 1 aliphatic rings. The van der Waals surface area contributed by atoms with E-state index in [9.17, 15) is 19.2 Å². The van der Waals surface area contributed by atoms with Gasteiger partial charge in [0.05, 0.1) is 11.5 Å². The molecule has 1 aliphatic heterocycles. The lowest BCUT2D eigenvalue weighted by atomic mass is 10.1. The highest BCUT2D eigenvalue weighted by molar-refractivity contribution is 6.31. The van der Waals surface area contributed by atoms with E-state index in [1.807, 2.05) is 19.1 Å². The van der Waals surface area contributed by atoms with E-state index < -0.39 is 11.9 Å². The van der Waals surface area contributed by atoms with Gasteiger partial charge < -0.3 is 15.0 Å². The van der Waals surface area contributed by atoms with Crippen molar-refractivity contribution in [3.63, 3.8) is 0 Å². The number of ketones is 1. The molecule has 0 saturated carbocycles. The van der Waals surface area contributed by atoms with Gasteiger partial charge in [0.2, 0.25) is 11.8 Å². The molecule has 3 aromatic carbocycles. The lowest BCUT2D eigenvalue weighted by Gasteiger charge is -2.17. The molecule has 1 saturated heterocycles. The van der Waals surface area contributed by atoms with E-state index in [0.29, 0.717) is 22.0 Å². The number of rotatable bonds is 7. The van der Waals surface area contributed by atoms with Gasteiger partial charge in [-0.3, -0.25) is 14.4 Å². The van der Waals surface area contributed by atoms with Crippen molar-refractivity contribution in [2.45, 2.75) is 13.3 Å². The van der Waals surface area contributed by atoms with E-state index in [-0.39, 0.29) is 42.7 Å². The highest BCUT2D eigenvalue weighted by Gasteiger charge is 2.35. The number of nitrogens with zero attached hydrogens (tertiary/aromatic N) is 1. The summed E-state index contributed by atoms with van der Waals surface area (Å²) in [5.74, 6) is -1.89. The summed E-state index contributed by atoms with van der Waals surface area (Å²) in [6.07, 6.45) is 0.0944. The first-order valence-corrected chi connectivity index (χ1v) is 11.4. The van der Waals surface area contributed by atoms with Gasteiger partial charge in [-0.1, -0.05) is 48.0 Å². The van der Waals surface area contributed by atoms with Gasteiger partial charge in [-0.2, -0.15) is 0 Å². The fourth-order valence-electron chi connectivity index (χ4n) is 3.74. The van der Waals surface area contributed by atoms with Crippen molar-refractivity contribution in [2.75, 3.05) is 23.4 Å². The number of aryl methyl sites for hydroxylation is 1. The Labute approximate surface area is 207 Å².